The van der Waals surface area contributed by atoms with Crippen molar-refractivity contribution < 1.29 is 57.7 Å². The van der Waals surface area contributed by atoms with Gasteiger partial charge in [-0.2, -0.15) is 0 Å². The Balaban J connectivity index is 0.00000400. The van der Waals surface area contributed by atoms with Gasteiger partial charge in [0.2, 0.25) is 0 Å². The molecule has 1 aliphatic carbocycles. The predicted molar refractivity (Wildman–Crippen MR) is 384 cm³/mol. The number of halogens is 3. The number of benzene rings is 9. The van der Waals surface area contributed by atoms with E-state index >= 15 is 0 Å². The molecule has 0 spiro atoms. The molecule has 92 heavy (non-hydrogen) atoms. The fourth-order valence-electron chi connectivity index (χ4n) is 16.9. The molecule has 1 aliphatic rings. The molecule has 5 heteroatoms. The van der Waals surface area contributed by atoms with Gasteiger partial charge in [0.25, 0.3) is 0 Å². The van der Waals surface area contributed by atoms with E-state index in [0.717, 1.165) is 38.5 Å². The molecule has 9 aromatic rings. The normalized spacial score (nSPS) is 14.0. The molecule has 0 heterocycles. The molecule has 0 saturated heterocycles. The van der Waals surface area contributed by atoms with Crippen molar-refractivity contribution in [3.63, 3.8) is 0 Å². The van der Waals surface area contributed by atoms with Crippen LogP contribution in [0.3, 0.4) is 0 Å². The van der Waals surface area contributed by atoms with Gasteiger partial charge in [-0.05, 0) is 0 Å². The standard InChI is InChI=1S/C87H99Si.3ClH.Ti/c1-51-23-57(7)81(58(8)24-51)44-72-35-73(45-82-59(9)25-52(2)26-60(82)10)39-78(38-72)88(87(22)50-69(19)70(20)71(87)21,79-40-74(46-83-61(11)27-53(3)28-62(83)12)36-75(41-79)47-84-63(13)29-54(4)30-64(84)14)80-42-76(48-85-65(15)31-55(5)32-66(85)16)37-77(43-80)49-86-67(17)33-56(6)34-68(86)18;;;;/h23-43H,44-49H2,1-22H3;3*1H;/q;;;;+3/p-3. The van der Waals surface area contributed by atoms with Gasteiger partial charge < -0.3 is 37.2 Å². The molecule has 1 unspecified atom stereocenters. The maximum atomic E-state index is 2.77. The third kappa shape index (κ3) is 14.4. The first-order valence-corrected chi connectivity index (χ1v) is 35.6. The zero-order valence-electron chi connectivity index (χ0n) is 59.5. The minimum Gasteiger partial charge on any atom is -1.00 e. The van der Waals surface area contributed by atoms with Crippen molar-refractivity contribution in [2.75, 3.05) is 0 Å². The van der Waals surface area contributed by atoms with Gasteiger partial charge in [0.1, 0.15) is 0 Å². The Hall–Kier alpha value is -5.74. The van der Waals surface area contributed by atoms with E-state index in [9.17, 15) is 0 Å². The van der Waals surface area contributed by atoms with Crippen molar-refractivity contribution in [1.82, 2.24) is 0 Å². The van der Waals surface area contributed by atoms with Gasteiger partial charge in [0.05, 0.1) is 0 Å². The fraction of sp³-hybridized carbons (Fsp3) is 0.333. The minimum absolute atomic E-state index is 0. The van der Waals surface area contributed by atoms with Crippen molar-refractivity contribution in [3.05, 3.63) is 315 Å². The first kappa shape index (κ1) is 73.7. The SMILES string of the molecule is CC1=C(C)C(C)([Si](c2cc(Cc3c(C)cc(C)cc3C)cc(Cc3c(C)cc(C)cc3C)c2)(c2cc(Cc3c(C)cc(C)cc3C)cc(Cc3c(C)cc(C)cc3C)c2)c2cc(Cc3c(C)cc(C)cc3C)cc(Cc3c(C)cc(C)cc3C)c2)[C]([Ti+3])=C1C.[Cl-].[Cl-].[Cl-]. The van der Waals surface area contributed by atoms with Gasteiger partial charge in [-0.3, -0.25) is 0 Å². The molecule has 0 fully saturated rings. The van der Waals surface area contributed by atoms with E-state index in [2.05, 4.69) is 300 Å². The Bertz CT molecular complexity index is 3610. The van der Waals surface area contributed by atoms with E-state index in [0.29, 0.717) is 0 Å². The Morgan fingerprint density at radius 1 is 0.250 bits per heavy atom. The van der Waals surface area contributed by atoms with Crippen LogP contribution in [0.5, 0.6) is 0 Å². The molecule has 0 aliphatic heterocycles. The zero-order valence-corrected chi connectivity index (χ0v) is 64.3. The van der Waals surface area contributed by atoms with Crippen LogP contribution in [0.15, 0.2) is 148 Å². The summed E-state index contributed by atoms with van der Waals surface area (Å²) < 4.78 is 1.51. The van der Waals surface area contributed by atoms with Crippen LogP contribution in [0.2, 0.25) is 5.04 Å². The Morgan fingerprint density at radius 3 is 0.554 bits per heavy atom. The summed E-state index contributed by atoms with van der Waals surface area (Å²) in [7, 11) is -3.55. The molecule has 0 saturated carbocycles. The maximum Gasteiger partial charge on any atom is -1.00 e. The summed E-state index contributed by atoms with van der Waals surface area (Å²) in [4.78, 5) is 0. The van der Waals surface area contributed by atoms with Crippen molar-refractivity contribution in [2.45, 2.75) is 196 Å². The number of hydrogen-bond donors (Lipinski definition) is 0. The third-order valence-electron chi connectivity index (χ3n) is 21.3. The summed E-state index contributed by atoms with van der Waals surface area (Å²) in [5, 5.41) is 4.10. The van der Waals surface area contributed by atoms with Crippen LogP contribution < -0.4 is 52.8 Å². The summed E-state index contributed by atoms with van der Waals surface area (Å²) in [6.45, 7) is 51.8. The molecule has 0 aromatic heterocycles. The number of rotatable bonds is 16. The molecule has 0 nitrogen and oxygen atoms in total. The van der Waals surface area contributed by atoms with Gasteiger partial charge >= 0.3 is 555 Å². The topological polar surface area (TPSA) is 0 Å². The molecule has 9 aromatic carbocycles. The van der Waals surface area contributed by atoms with Crippen LogP contribution >= 0.6 is 0 Å². The van der Waals surface area contributed by atoms with E-state index in [1.807, 2.05) is 0 Å². The molecule has 0 radical (unpaired) electrons. The first-order valence-electron chi connectivity index (χ1n) is 32.9. The van der Waals surface area contributed by atoms with Gasteiger partial charge in [-0.1, -0.05) is 0 Å². The smallest absolute Gasteiger partial charge is 1.00 e. The van der Waals surface area contributed by atoms with Gasteiger partial charge in [0, 0.05) is 0 Å². The predicted octanol–water partition coefficient (Wildman–Crippen LogP) is 11.2. The molecule has 476 valence electrons. The Kier molecular flexibility index (Phi) is 23.3. The van der Waals surface area contributed by atoms with Crippen LogP contribution in [0.4, 0.5) is 0 Å². The number of aryl methyl sites for hydroxylation is 18. The van der Waals surface area contributed by atoms with E-state index < -0.39 is 13.1 Å². The average molecular weight is 1330 g/mol. The summed E-state index contributed by atoms with van der Waals surface area (Å²) in [5.41, 5.74) is 45.8. The van der Waals surface area contributed by atoms with E-state index in [4.69, 9.17) is 0 Å². The van der Waals surface area contributed by atoms with Crippen molar-refractivity contribution >= 4 is 23.6 Å². The second-order valence-electron chi connectivity index (χ2n) is 28.6. The summed E-state index contributed by atoms with van der Waals surface area (Å²) in [6.07, 6.45) is 5.17. The van der Waals surface area contributed by atoms with Crippen LogP contribution in [0, 0.1) is 125 Å². The molecular weight excluding hydrogens is 1230 g/mol. The largest absolute Gasteiger partial charge is 1.00 e. The fourth-order valence-corrected chi connectivity index (χ4v) is 24.9. The second-order valence-corrected chi connectivity index (χ2v) is 33.6. The summed E-state index contributed by atoms with van der Waals surface area (Å²) in [5.74, 6) is 0. The molecule has 0 amide bonds. The van der Waals surface area contributed by atoms with Crippen LogP contribution in [0.1, 0.15) is 195 Å². The van der Waals surface area contributed by atoms with Crippen LogP contribution in [-0.4, -0.2) is 8.07 Å². The third-order valence-corrected chi connectivity index (χ3v) is 28.6. The minimum atomic E-state index is -3.55. The molecular formula is C87H99Cl3SiTi. The molecule has 0 bridgehead atoms. The van der Waals surface area contributed by atoms with E-state index in [-0.39, 0.29) is 37.2 Å². The Labute approximate surface area is 587 Å². The second kappa shape index (κ2) is 29.1. The average Bonchev–Trinajstić information content (AvgIpc) is 1.32. The quantitative estimate of drug-likeness (QED) is 0.0668. The van der Waals surface area contributed by atoms with Crippen LogP contribution in [-0.2, 0) is 59.0 Å². The molecule has 1 atom stereocenters. The van der Waals surface area contributed by atoms with Crippen molar-refractivity contribution in [3.8, 4) is 0 Å². The number of allylic oxidation sites excluding steroid dienone is 4. The summed E-state index contributed by atoms with van der Waals surface area (Å²) in [6, 6.07) is 53.3. The first-order chi connectivity index (χ1) is 41.9. The molecule has 10 rings (SSSR count). The van der Waals surface area contributed by atoms with E-state index in [1.54, 1.807) is 0 Å². The van der Waals surface area contributed by atoms with E-state index in [1.165, 1.54) is 203 Å². The van der Waals surface area contributed by atoms with Crippen molar-refractivity contribution in [1.29, 1.82) is 0 Å². The number of hydrogen-bond acceptors (Lipinski definition) is 0. The van der Waals surface area contributed by atoms with Gasteiger partial charge in [0.15, 0.2) is 0 Å². The summed E-state index contributed by atoms with van der Waals surface area (Å²) >= 11 is 2.53. The van der Waals surface area contributed by atoms with Gasteiger partial charge in [-0.15, -0.1) is 0 Å². The van der Waals surface area contributed by atoms with Crippen molar-refractivity contribution in [2.24, 2.45) is 0 Å². The van der Waals surface area contributed by atoms with Crippen LogP contribution in [0.25, 0.3) is 0 Å². The monoisotopic (exact) mass is 1320 g/mol. The molecule has 0 N–H and O–H groups in total. The maximum absolute atomic E-state index is 3.55. The Morgan fingerprint density at radius 2 is 0.413 bits per heavy atom. The zero-order chi connectivity index (χ0) is 64.5. The van der Waals surface area contributed by atoms with Gasteiger partial charge in [-0.25, -0.2) is 0 Å².